The number of carbonyl (C=O) groups is 8. The minimum absolute atomic E-state index is 0.00322. The number of hydrogen-bond donors (Lipinski definition) is 8. The first-order chi connectivity index (χ1) is 64.2. The molecule has 8 amide bonds. The highest BCUT2D eigenvalue weighted by molar-refractivity contribution is 6.05. The van der Waals surface area contributed by atoms with Crippen molar-refractivity contribution >= 4 is 146 Å². The number of halogens is 4. The molecule has 136 heavy (non-hydrogen) atoms. The molecular weight excluding hydrogens is 1750 g/mol. The summed E-state index contributed by atoms with van der Waals surface area (Å²) in [6, 6.07) is 17.7. The lowest BCUT2D eigenvalue weighted by Gasteiger charge is -2.40. The predicted octanol–water partition coefficient (Wildman–Crippen LogP) is 15.1. The van der Waals surface area contributed by atoms with Crippen LogP contribution in [0.3, 0.4) is 0 Å². The van der Waals surface area contributed by atoms with Gasteiger partial charge < -0.3 is 95.9 Å². The maximum atomic E-state index is 14.9. The minimum atomic E-state index is -2.71. The van der Waals surface area contributed by atoms with Gasteiger partial charge in [-0.25, -0.2) is 37.5 Å². The third kappa shape index (κ3) is 22.0. The smallest absolute Gasteiger partial charge is 0.252 e. The highest BCUT2D eigenvalue weighted by atomic mass is 19.3. The summed E-state index contributed by atoms with van der Waals surface area (Å²) in [5, 5.41) is 22.4. The lowest BCUT2D eigenvalue weighted by Crippen LogP contribution is -2.50. The Morgan fingerprint density at radius 3 is 1.06 bits per heavy atom. The Balaban J connectivity index is 0.000000154. The molecule has 4 aliphatic heterocycles. The maximum Gasteiger partial charge on any atom is 0.252 e. The Bertz CT molecular complexity index is 5850. The lowest BCUT2D eigenvalue weighted by molar-refractivity contribution is -0.126. The molecule has 35 nitrogen and oxygen atoms in total. The van der Waals surface area contributed by atoms with Crippen LogP contribution in [0.4, 0.5) is 116 Å². The number of methoxy groups -OCH3 is 3. The predicted molar refractivity (Wildman–Crippen MR) is 518 cm³/mol. The van der Waals surface area contributed by atoms with Crippen LogP contribution in [0.1, 0.15) is 198 Å². The molecule has 8 aromatic rings. The second-order valence-corrected chi connectivity index (χ2v) is 39.7. The number of alkyl halides is 2. The van der Waals surface area contributed by atoms with E-state index in [9.17, 15) is 55.9 Å². The number of anilines is 17. The molecule has 39 heteroatoms. The summed E-state index contributed by atoms with van der Waals surface area (Å²) in [7, 11) is 14.7. The van der Waals surface area contributed by atoms with E-state index in [0.717, 1.165) is 82.6 Å². The second-order valence-electron chi connectivity index (χ2n) is 39.7. The monoisotopic (exact) mass is 1880 g/mol. The van der Waals surface area contributed by atoms with Gasteiger partial charge >= 0.3 is 0 Å². The molecule has 0 unspecified atom stereocenters. The van der Waals surface area contributed by atoms with Gasteiger partial charge in [-0.15, -0.1) is 0 Å². The first-order valence-electron chi connectivity index (χ1n) is 45.8. The van der Waals surface area contributed by atoms with E-state index in [-0.39, 0.29) is 71.4 Å². The van der Waals surface area contributed by atoms with Gasteiger partial charge in [-0.1, -0.05) is 46.5 Å². The highest BCUT2D eigenvalue weighted by Crippen LogP contribution is 2.48. The molecule has 16 rings (SSSR count). The molecular formula is C97H126F4N24O11. The van der Waals surface area contributed by atoms with E-state index in [2.05, 4.69) is 108 Å². The van der Waals surface area contributed by atoms with Crippen molar-refractivity contribution in [3.05, 3.63) is 120 Å². The number of rotatable bonds is 20. The molecule has 0 bridgehead atoms. The van der Waals surface area contributed by atoms with Crippen molar-refractivity contribution in [3.63, 3.8) is 0 Å². The van der Waals surface area contributed by atoms with Gasteiger partial charge in [-0.05, 0) is 172 Å². The van der Waals surface area contributed by atoms with Crippen LogP contribution in [0.2, 0.25) is 0 Å². The molecule has 4 aromatic carbocycles. The number of aromatic nitrogens is 8. The summed E-state index contributed by atoms with van der Waals surface area (Å²) in [6.45, 7) is 26.2. The van der Waals surface area contributed by atoms with Crippen molar-refractivity contribution in [2.75, 3.05) is 162 Å². The molecule has 0 atom stereocenters. The first kappa shape index (κ1) is 99.9. The van der Waals surface area contributed by atoms with E-state index in [1.54, 1.807) is 155 Å². The third-order valence-electron chi connectivity index (χ3n) is 25.7. The van der Waals surface area contributed by atoms with Crippen LogP contribution in [0.5, 0.6) is 17.2 Å². The number of benzene rings is 4. The molecule has 0 saturated heterocycles. The number of nitrogens with zero attached hydrogens (tertiary/aromatic N) is 16. The number of nitrogens with one attached hydrogen (secondary N) is 8. The summed E-state index contributed by atoms with van der Waals surface area (Å²) in [6.07, 6.45) is 17.9. The molecule has 4 aromatic heterocycles. The van der Waals surface area contributed by atoms with Crippen LogP contribution in [-0.2, 0) is 24.0 Å². The van der Waals surface area contributed by atoms with Crippen molar-refractivity contribution in [2.45, 2.75) is 197 Å². The normalized spacial score (nSPS) is 18.2. The molecule has 8 N–H and O–H groups in total. The van der Waals surface area contributed by atoms with Crippen molar-refractivity contribution in [1.29, 1.82) is 0 Å². The van der Waals surface area contributed by atoms with Gasteiger partial charge in [0.05, 0.1) is 90.5 Å². The Hall–Kier alpha value is -13.5. The number of amides is 8. The van der Waals surface area contributed by atoms with Gasteiger partial charge in [-0.3, -0.25) is 38.4 Å². The van der Waals surface area contributed by atoms with E-state index in [1.807, 2.05) is 55.4 Å². The average Bonchev–Trinajstić information content (AvgIpc) is 1.71. The first-order valence-corrected chi connectivity index (χ1v) is 45.8. The van der Waals surface area contributed by atoms with Gasteiger partial charge in [0.15, 0.2) is 29.1 Å². The van der Waals surface area contributed by atoms with Crippen LogP contribution in [0.25, 0.3) is 0 Å². The van der Waals surface area contributed by atoms with Gasteiger partial charge in [-0.2, -0.15) is 19.9 Å². The third-order valence-corrected chi connectivity index (χ3v) is 25.7. The Kier molecular flexibility index (Phi) is 29.5. The number of fused-ring (bicyclic) bond motifs is 4. The topological polar surface area (TPSA) is 390 Å². The average molecular weight is 1880 g/mol. The van der Waals surface area contributed by atoms with Crippen molar-refractivity contribution in [3.8, 4) is 17.2 Å². The molecule has 8 heterocycles. The second kappa shape index (κ2) is 40.2. The number of carbonyl (C=O) groups excluding carboxylic acids is 8. The van der Waals surface area contributed by atoms with Crippen molar-refractivity contribution in [1.82, 2.24) is 55.8 Å². The fourth-order valence-corrected chi connectivity index (χ4v) is 18.4. The fraction of sp³-hybridized carbons (Fsp3) is 0.505. The van der Waals surface area contributed by atoms with Gasteiger partial charge in [0.2, 0.25) is 53.3 Å². The summed E-state index contributed by atoms with van der Waals surface area (Å²) in [5.41, 5.74) is 2.81. The summed E-state index contributed by atoms with van der Waals surface area (Å²) in [5.74, 6) is -0.513. The van der Waals surface area contributed by atoms with Crippen LogP contribution < -0.4 is 95.9 Å². The van der Waals surface area contributed by atoms with Crippen molar-refractivity contribution in [2.24, 2.45) is 27.1 Å². The zero-order valence-electron chi connectivity index (χ0n) is 81.4. The van der Waals surface area contributed by atoms with Crippen molar-refractivity contribution < 1.29 is 70.1 Å². The molecule has 728 valence electrons. The molecule has 8 aliphatic rings. The molecule has 0 radical (unpaired) electrons. The van der Waals surface area contributed by atoms with E-state index >= 15 is 0 Å². The standard InChI is InChI=1S/C27H34F2N6O3.C24H34N6O3.C23H28F2N6O2.C23H30N6O3/c1-26(2)15-35(18-7-5-6-8-18)22-20(34(3)24(26)37)14-30-25(33-22)32-19-10-9-16(11-21(19)38-4)23(36)31-17-12-27(28,29)13-17;1-23(2,3)13-30-14-24(4,5)21(32)29(7)17-12-26-22(28-19(17)30)27-16-10-9-15(20(31)25-6)11-18(16)33-8;1-13(32)27-19-15(24)9-10-16(18(19)25)28-22-26-11-17-20(29-22)31(14-7-5-6-8-14)12-23(2,3)21(33)30(17)4;1-23(2)13-29(15-7-6-8-15)19-17(28(4)21(23)31)12-25-22(27-19)26-16-10-9-14(20(30)24-3)11-18(16)32-5/h9-11,14,17-18H,5-8,12-13,15H2,1-4H3,(H,31,36)(H,30,32,33);9-12H,13-14H2,1-8H3,(H,25,31)(H,26,27,28);9-11,14H,5-8,12H2,1-4H3,(H,27,32)(H,26,28,29);9-12,15H,6-8,13H2,1-5H3,(H,24,30)(H,25,26,27). The van der Waals surface area contributed by atoms with Crippen LogP contribution in [0.15, 0.2) is 91.5 Å². The number of ether oxygens (including phenoxy) is 3. The van der Waals surface area contributed by atoms with Crippen LogP contribution in [0, 0.1) is 38.7 Å². The van der Waals surface area contributed by atoms with E-state index < -0.39 is 62.8 Å². The quantitative estimate of drug-likeness (QED) is 0.0329. The largest absolute Gasteiger partial charge is 0.495 e. The van der Waals surface area contributed by atoms with Gasteiger partial charge in [0, 0.05) is 136 Å². The van der Waals surface area contributed by atoms with E-state index in [0.29, 0.717) is 147 Å². The van der Waals surface area contributed by atoms with Gasteiger partial charge in [0.25, 0.3) is 23.6 Å². The lowest BCUT2D eigenvalue weighted by atomic mass is 9.87. The molecule has 4 aliphatic carbocycles. The maximum absolute atomic E-state index is 14.9. The minimum Gasteiger partial charge on any atom is -0.495 e. The Morgan fingerprint density at radius 2 is 0.750 bits per heavy atom. The Morgan fingerprint density at radius 1 is 0.441 bits per heavy atom. The fourth-order valence-electron chi connectivity index (χ4n) is 18.4. The van der Waals surface area contributed by atoms with Crippen LogP contribution in [-0.4, -0.2) is 214 Å². The Labute approximate surface area is 790 Å². The summed E-state index contributed by atoms with van der Waals surface area (Å²) < 4.78 is 71.6. The van der Waals surface area contributed by atoms with E-state index in [4.69, 9.17) is 29.2 Å². The molecule has 0 spiro atoms. The molecule has 4 saturated carbocycles. The highest BCUT2D eigenvalue weighted by Gasteiger charge is 2.49. The zero-order valence-corrected chi connectivity index (χ0v) is 81.4. The summed E-state index contributed by atoms with van der Waals surface area (Å²) >= 11 is 0. The number of hydrogen-bond acceptors (Lipinski definition) is 27. The zero-order chi connectivity index (χ0) is 98.8. The van der Waals surface area contributed by atoms with Gasteiger partial charge in [0.1, 0.15) is 51.5 Å². The summed E-state index contributed by atoms with van der Waals surface area (Å²) in [4.78, 5) is 152. The SMILES string of the molecule is CC(=O)Nc1c(F)ccc(Nc2ncc3c(n2)N(C2CCCC2)CC(C)(C)C(=O)N3C)c1F.CNC(=O)c1ccc(Nc2ncc3c(n2)N(C2CCC2)CC(C)(C)C(=O)N3C)c(OC)c1.CNC(=O)c1ccc(Nc2ncc3c(n2)N(CC(C)(C)C)CC(C)(C)C(=O)N3C)c(OC)c1.COc1cc(C(=O)NC2CC(F)(F)C2)ccc1Nc1ncc2c(n1)N(C1CCCC1)CC(C)(C)C(=O)N2C. The van der Waals surface area contributed by atoms with E-state index in [1.165, 1.54) is 26.5 Å². The molecule has 4 fully saturated rings. The van der Waals surface area contributed by atoms with Crippen LogP contribution >= 0.6 is 0 Å².